The first-order chi connectivity index (χ1) is 15.7. The smallest absolute Gasteiger partial charge is 0.255 e. The summed E-state index contributed by atoms with van der Waals surface area (Å²) in [5.41, 5.74) is 5.25. The van der Waals surface area contributed by atoms with E-state index in [4.69, 9.17) is 4.42 Å². The number of benzene rings is 2. The maximum Gasteiger partial charge on any atom is 0.255 e. The van der Waals surface area contributed by atoms with Crippen molar-refractivity contribution in [3.63, 3.8) is 0 Å². The molecule has 0 bridgehead atoms. The minimum absolute atomic E-state index is 0.0623. The SMILES string of the molecule is Cc1ccc(-c2ccc3oc(CN4CCCN(C(=O)c5cccnc5)CC4)cc3c2)cc1. The summed E-state index contributed by atoms with van der Waals surface area (Å²) < 4.78 is 6.13. The molecule has 162 valence electrons. The monoisotopic (exact) mass is 425 g/mol. The van der Waals surface area contributed by atoms with Gasteiger partial charge in [0.2, 0.25) is 0 Å². The van der Waals surface area contributed by atoms with E-state index in [1.807, 2.05) is 17.0 Å². The molecule has 3 heterocycles. The van der Waals surface area contributed by atoms with Crippen LogP contribution in [0.15, 0.2) is 77.5 Å². The Bertz CT molecular complexity index is 1210. The molecule has 5 nitrogen and oxygen atoms in total. The van der Waals surface area contributed by atoms with Crippen molar-refractivity contribution in [3.05, 3.63) is 89.9 Å². The molecule has 0 saturated carbocycles. The first-order valence-electron chi connectivity index (χ1n) is 11.2. The van der Waals surface area contributed by atoms with Gasteiger partial charge in [0.15, 0.2) is 0 Å². The average molecular weight is 426 g/mol. The lowest BCUT2D eigenvalue weighted by Gasteiger charge is -2.21. The van der Waals surface area contributed by atoms with Crippen molar-refractivity contribution in [1.29, 1.82) is 0 Å². The highest BCUT2D eigenvalue weighted by molar-refractivity contribution is 5.93. The van der Waals surface area contributed by atoms with E-state index in [2.05, 4.69) is 65.3 Å². The molecule has 0 atom stereocenters. The highest BCUT2D eigenvalue weighted by Crippen LogP contribution is 2.27. The van der Waals surface area contributed by atoms with Crippen molar-refractivity contribution in [1.82, 2.24) is 14.8 Å². The Morgan fingerprint density at radius 1 is 0.969 bits per heavy atom. The fraction of sp³-hybridized carbons (Fsp3) is 0.259. The van der Waals surface area contributed by atoms with E-state index in [0.717, 1.165) is 49.3 Å². The third kappa shape index (κ3) is 4.43. The van der Waals surface area contributed by atoms with Crippen LogP contribution >= 0.6 is 0 Å². The Morgan fingerprint density at radius 2 is 1.81 bits per heavy atom. The van der Waals surface area contributed by atoms with E-state index in [1.54, 1.807) is 12.4 Å². The lowest BCUT2D eigenvalue weighted by atomic mass is 10.0. The van der Waals surface area contributed by atoms with Crippen molar-refractivity contribution >= 4 is 16.9 Å². The second-order valence-electron chi connectivity index (χ2n) is 8.49. The average Bonchev–Trinajstić information content (AvgIpc) is 3.08. The van der Waals surface area contributed by atoms with E-state index < -0.39 is 0 Å². The predicted molar refractivity (Wildman–Crippen MR) is 126 cm³/mol. The molecule has 1 fully saturated rings. The molecule has 2 aromatic heterocycles. The molecule has 1 saturated heterocycles. The van der Waals surface area contributed by atoms with Crippen LogP contribution in [0, 0.1) is 6.92 Å². The highest BCUT2D eigenvalue weighted by atomic mass is 16.3. The molecular formula is C27H27N3O2. The van der Waals surface area contributed by atoms with Crippen LogP contribution in [0.25, 0.3) is 22.1 Å². The Kier molecular flexibility index (Phi) is 5.73. The molecule has 0 radical (unpaired) electrons. The number of furan rings is 1. The van der Waals surface area contributed by atoms with Crippen LogP contribution < -0.4 is 0 Å². The van der Waals surface area contributed by atoms with Gasteiger partial charge >= 0.3 is 0 Å². The first-order valence-corrected chi connectivity index (χ1v) is 11.2. The van der Waals surface area contributed by atoms with Crippen molar-refractivity contribution < 1.29 is 9.21 Å². The third-order valence-electron chi connectivity index (χ3n) is 6.12. The minimum Gasteiger partial charge on any atom is -0.460 e. The molecule has 0 N–H and O–H groups in total. The predicted octanol–water partition coefficient (Wildman–Crippen LogP) is 5.15. The van der Waals surface area contributed by atoms with Gasteiger partial charge in [-0.2, -0.15) is 0 Å². The Hall–Kier alpha value is -3.44. The Labute approximate surface area is 188 Å². The minimum atomic E-state index is 0.0623. The number of aromatic nitrogens is 1. The van der Waals surface area contributed by atoms with Gasteiger partial charge < -0.3 is 9.32 Å². The van der Waals surface area contributed by atoms with Gasteiger partial charge in [-0.1, -0.05) is 35.9 Å². The van der Waals surface area contributed by atoms with Gasteiger partial charge in [0.1, 0.15) is 11.3 Å². The second-order valence-corrected chi connectivity index (χ2v) is 8.49. The number of fused-ring (bicyclic) bond motifs is 1. The molecule has 32 heavy (non-hydrogen) atoms. The molecule has 1 aliphatic heterocycles. The zero-order valence-corrected chi connectivity index (χ0v) is 18.3. The van der Waals surface area contributed by atoms with Gasteiger partial charge in [0.25, 0.3) is 5.91 Å². The van der Waals surface area contributed by atoms with E-state index in [-0.39, 0.29) is 5.91 Å². The summed E-state index contributed by atoms with van der Waals surface area (Å²) in [5.74, 6) is 1.03. The molecule has 1 amide bonds. The van der Waals surface area contributed by atoms with Crippen LogP contribution in [-0.2, 0) is 6.54 Å². The summed E-state index contributed by atoms with van der Waals surface area (Å²) in [6, 6.07) is 20.8. The molecule has 1 aliphatic rings. The standard InChI is InChI=1S/C27H27N3O2/c1-20-5-7-21(8-6-20)22-9-10-26-24(16-22)17-25(32-26)19-29-12-3-13-30(15-14-29)27(31)23-4-2-11-28-18-23/h2,4-11,16-18H,3,12-15,19H2,1H3. The number of hydrogen-bond acceptors (Lipinski definition) is 4. The normalized spacial score (nSPS) is 15.1. The van der Waals surface area contributed by atoms with Gasteiger partial charge in [0.05, 0.1) is 12.1 Å². The lowest BCUT2D eigenvalue weighted by Crippen LogP contribution is -2.35. The van der Waals surface area contributed by atoms with Crippen LogP contribution in [0.1, 0.15) is 28.1 Å². The summed E-state index contributed by atoms with van der Waals surface area (Å²) in [4.78, 5) is 21.1. The van der Waals surface area contributed by atoms with Gasteiger partial charge in [-0.15, -0.1) is 0 Å². The summed E-state index contributed by atoms with van der Waals surface area (Å²) >= 11 is 0. The van der Waals surface area contributed by atoms with Crippen molar-refractivity contribution in [3.8, 4) is 11.1 Å². The van der Waals surface area contributed by atoms with Gasteiger partial charge in [-0.25, -0.2) is 0 Å². The fourth-order valence-corrected chi connectivity index (χ4v) is 4.33. The summed E-state index contributed by atoms with van der Waals surface area (Å²) in [6.45, 7) is 6.12. The maximum absolute atomic E-state index is 12.8. The number of nitrogens with zero attached hydrogens (tertiary/aromatic N) is 3. The number of hydrogen-bond donors (Lipinski definition) is 0. The highest BCUT2D eigenvalue weighted by Gasteiger charge is 2.21. The zero-order chi connectivity index (χ0) is 21.9. The number of carbonyl (C=O) groups excluding carboxylic acids is 1. The number of carbonyl (C=O) groups is 1. The summed E-state index contributed by atoms with van der Waals surface area (Å²) in [5, 5.41) is 1.13. The first kappa shape index (κ1) is 20.5. The van der Waals surface area contributed by atoms with E-state index in [1.165, 1.54) is 16.7 Å². The Balaban J connectivity index is 1.26. The molecule has 5 rings (SSSR count). The topological polar surface area (TPSA) is 49.6 Å². The number of pyridine rings is 1. The molecular weight excluding hydrogens is 398 g/mol. The summed E-state index contributed by atoms with van der Waals surface area (Å²) in [6.07, 6.45) is 4.28. The zero-order valence-electron chi connectivity index (χ0n) is 18.3. The largest absolute Gasteiger partial charge is 0.460 e. The van der Waals surface area contributed by atoms with Crippen LogP contribution in [0.4, 0.5) is 0 Å². The fourth-order valence-electron chi connectivity index (χ4n) is 4.33. The number of aryl methyl sites for hydroxylation is 1. The molecule has 4 aromatic rings. The van der Waals surface area contributed by atoms with Crippen LogP contribution in [0.3, 0.4) is 0 Å². The second kappa shape index (κ2) is 8.97. The third-order valence-corrected chi connectivity index (χ3v) is 6.12. The number of rotatable bonds is 4. The number of amides is 1. The molecule has 5 heteroatoms. The Morgan fingerprint density at radius 3 is 2.62 bits per heavy atom. The van der Waals surface area contributed by atoms with Gasteiger partial charge in [-0.05, 0) is 54.8 Å². The van der Waals surface area contributed by atoms with Crippen LogP contribution in [-0.4, -0.2) is 46.9 Å². The molecule has 0 spiro atoms. The van der Waals surface area contributed by atoms with Gasteiger partial charge in [-0.3, -0.25) is 14.7 Å². The molecule has 0 unspecified atom stereocenters. The van der Waals surface area contributed by atoms with Crippen molar-refractivity contribution in [2.45, 2.75) is 19.9 Å². The van der Waals surface area contributed by atoms with E-state index in [0.29, 0.717) is 12.1 Å². The van der Waals surface area contributed by atoms with E-state index in [9.17, 15) is 4.79 Å². The quantitative estimate of drug-likeness (QED) is 0.454. The van der Waals surface area contributed by atoms with Crippen molar-refractivity contribution in [2.75, 3.05) is 26.2 Å². The summed E-state index contributed by atoms with van der Waals surface area (Å²) in [7, 11) is 0. The lowest BCUT2D eigenvalue weighted by molar-refractivity contribution is 0.0760. The molecule has 0 aliphatic carbocycles. The van der Waals surface area contributed by atoms with Gasteiger partial charge in [0, 0.05) is 44.0 Å². The molecule has 2 aromatic carbocycles. The van der Waals surface area contributed by atoms with Crippen LogP contribution in [0.5, 0.6) is 0 Å². The van der Waals surface area contributed by atoms with Crippen molar-refractivity contribution in [2.24, 2.45) is 0 Å². The maximum atomic E-state index is 12.8. The van der Waals surface area contributed by atoms with E-state index >= 15 is 0 Å². The van der Waals surface area contributed by atoms with Crippen LogP contribution in [0.2, 0.25) is 0 Å².